The van der Waals surface area contributed by atoms with Crippen LogP contribution in [0.15, 0.2) is 59.9 Å². The fraction of sp³-hybridized carbons (Fsp3) is 0.773. The highest BCUT2D eigenvalue weighted by Crippen LogP contribution is 2.55. The molecule has 8 rings (SSSR count). The molecule has 4 fully saturated rings. The minimum absolute atomic E-state index is 0.330. The van der Waals surface area contributed by atoms with E-state index in [2.05, 4.69) is 60.4 Å². The van der Waals surface area contributed by atoms with Crippen molar-refractivity contribution in [3.05, 3.63) is 59.9 Å². The van der Waals surface area contributed by atoms with Crippen LogP contribution >= 0.6 is 0 Å². The van der Waals surface area contributed by atoms with Crippen LogP contribution in [0, 0.1) is 47.3 Å². The molecule has 2 N–H and O–H groups in total. The summed E-state index contributed by atoms with van der Waals surface area (Å²) in [6, 6.07) is 1.65. The fourth-order valence-electron chi connectivity index (χ4n) is 12.9. The summed E-state index contributed by atoms with van der Waals surface area (Å²) in [4.78, 5) is 3.02. The third kappa shape index (κ3) is 6.56. The van der Waals surface area contributed by atoms with Crippen molar-refractivity contribution in [2.45, 2.75) is 166 Å². The first-order valence-electron chi connectivity index (χ1n) is 20.7. The van der Waals surface area contributed by atoms with Gasteiger partial charge in [0.1, 0.15) is 0 Å². The van der Waals surface area contributed by atoms with E-state index in [1.165, 1.54) is 128 Å². The van der Waals surface area contributed by atoms with Crippen LogP contribution in [0.4, 0.5) is 0 Å². The van der Waals surface area contributed by atoms with Gasteiger partial charge in [0, 0.05) is 29.7 Å². The minimum Gasteiger partial charge on any atom is -0.373 e. The summed E-state index contributed by atoms with van der Waals surface area (Å²) >= 11 is 0. The van der Waals surface area contributed by atoms with E-state index in [4.69, 9.17) is 10.5 Å². The number of nitrogens with two attached hydrogens (primary N) is 1. The lowest BCUT2D eigenvalue weighted by molar-refractivity contribution is -0.0571. The van der Waals surface area contributed by atoms with Crippen molar-refractivity contribution in [2.75, 3.05) is 0 Å². The van der Waals surface area contributed by atoms with Crippen molar-refractivity contribution in [3.8, 4) is 0 Å². The van der Waals surface area contributed by atoms with Crippen molar-refractivity contribution >= 4 is 0 Å². The second-order valence-electron chi connectivity index (χ2n) is 17.4. The summed E-state index contributed by atoms with van der Waals surface area (Å²) < 4.78 is 7.41. The normalized spacial score (nSPS) is 45.4. The second kappa shape index (κ2) is 14.7. The van der Waals surface area contributed by atoms with Crippen molar-refractivity contribution in [1.29, 1.82) is 0 Å². The number of rotatable bonds is 7. The number of hydrogen-bond donors (Lipinski definition) is 1. The van der Waals surface area contributed by atoms with Gasteiger partial charge in [-0.1, -0.05) is 73.4 Å². The van der Waals surface area contributed by atoms with Gasteiger partial charge in [-0.25, -0.2) is 0 Å². The monoisotopic (exact) mass is 639 g/mol. The molecule has 47 heavy (non-hydrogen) atoms. The van der Waals surface area contributed by atoms with Gasteiger partial charge in [0.2, 0.25) is 0 Å². The first-order valence-corrected chi connectivity index (χ1v) is 20.7. The SMILES string of the molecule is C/C=C\C1CCCC(C2CC=C(N(C3CC=CCC3)C3CCC=C(C4CCC[C@@H]5C6CCCC(C7CC=CCC7)C6OC45)C3)C2)C1N. The van der Waals surface area contributed by atoms with Gasteiger partial charge in [0.05, 0.1) is 12.2 Å². The highest BCUT2D eigenvalue weighted by Gasteiger charge is 2.54. The van der Waals surface area contributed by atoms with Gasteiger partial charge < -0.3 is 15.4 Å². The van der Waals surface area contributed by atoms with Crippen molar-refractivity contribution in [1.82, 2.24) is 4.90 Å². The maximum atomic E-state index is 7.41. The first-order chi connectivity index (χ1) is 23.2. The predicted molar refractivity (Wildman–Crippen MR) is 196 cm³/mol. The van der Waals surface area contributed by atoms with Crippen LogP contribution in [0.25, 0.3) is 0 Å². The molecule has 1 aliphatic heterocycles. The number of nitrogens with zero attached hydrogens (tertiary/aromatic N) is 1. The van der Waals surface area contributed by atoms with E-state index in [1.807, 2.05) is 0 Å². The molecule has 0 radical (unpaired) electrons. The molecule has 13 atom stereocenters. The molecule has 3 saturated carbocycles. The number of hydrogen-bond acceptors (Lipinski definition) is 3. The lowest BCUT2D eigenvalue weighted by atomic mass is 9.63. The lowest BCUT2D eigenvalue weighted by Gasteiger charge is -2.46. The van der Waals surface area contributed by atoms with E-state index < -0.39 is 0 Å². The number of ether oxygens (including phenoxy) is 1. The van der Waals surface area contributed by atoms with Crippen LogP contribution in [-0.4, -0.2) is 35.2 Å². The molecule has 12 unspecified atom stereocenters. The zero-order chi connectivity index (χ0) is 31.7. The molecular formula is C44H66N2O. The van der Waals surface area contributed by atoms with E-state index in [9.17, 15) is 0 Å². The summed E-state index contributed by atoms with van der Waals surface area (Å²) in [7, 11) is 0. The summed E-state index contributed by atoms with van der Waals surface area (Å²) in [5.74, 6) is 5.95. The Bertz CT molecular complexity index is 1230. The van der Waals surface area contributed by atoms with Crippen LogP contribution < -0.4 is 5.73 Å². The highest BCUT2D eigenvalue weighted by atomic mass is 16.5. The lowest BCUT2D eigenvalue weighted by Crippen LogP contribution is -2.46. The minimum atomic E-state index is 0.330. The summed E-state index contributed by atoms with van der Waals surface area (Å²) in [6.07, 6.45) is 47.5. The molecule has 3 nitrogen and oxygen atoms in total. The Morgan fingerprint density at radius 2 is 1.40 bits per heavy atom. The van der Waals surface area contributed by atoms with Crippen LogP contribution in [-0.2, 0) is 4.74 Å². The van der Waals surface area contributed by atoms with E-state index >= 15 is 0 Å². The summed E-state index contributed by atoms with van der Waals surface area (Å²) in [5.41, 5.74) is 10.5. The number of allylic oxidation sites excluding steroid dienone is 7. The molecule has 258 valence electrons. The van der Waals surface area contributed by atoms with Crippen molar-refractivity contribution in [3.63, 3.8) is 0 Å². The summed E-state index contributed by atoms with van der Waals surface area (Å²) in [5, 5.41) is 0. The van der Waals surface area contributed by atoms with E-state index in [1.54, 1.807) is 11.3 Å². The highest BCUT2D eigenvalue weighted by molar-refractivity contribution is 5.22. The van der Waals surface area contributed by atoms with Gasteiger partial charge in [-0.2, -0.15) is 0 Å². The predicted octanol–water partition coefficient (Wildman–Crippen LogP) is 10.4. The van der Waals surface area contributed by atoms with Crippen LogP contribution in [0.1, 0.15) is 135 Å². The van der Waals surface area contributed by atoms with Gasteiger partial charge in [-0.3, -0.25) is 0 Å². The smallest absolute Gasteiger partial charge is 0.0676 e. The third-order valence-corrected chi connectivity index (χ3v) is 15.0. The van der Waals surface area contributed by atoms with Crippen LogP contribution in [0.3, 0.4) is 0 Å². The Morgan fingerprint density at radius 1 is 0.660 bits per heavy atom. The number of fused-ring (bicyclic) bond motifs is 3. The topological polar surface area (TPSA) is 38.5 Å². The van der Waals surface area contributed by atoms with Crippen molar-refractivity contribution < 1.29 is 4.74 Å². The van der Waals surface area contributed by atoms with Crippen LogP contribution in [0.2, 0.25) is 0 Å². The maximum absolute atomic E-state index is 7.41. The van der Waals surface area contributed by atoms with Crippen LogP contribution in [0.5, 0.6) is 0 Å². The second-order valence-corrected chi connectivity index (χ2v) is 17.4. The summed E-state index contributed by atoms with van der Waals surface area (Å²) in [6.45, 7) is 2.17. The molecule has 8 aliphatic rings. The molecule has 1 heterocycles. The van der Waals surface area contributed by atoms with E-state index in [0.717, 1.165) is 29.6 Å². The Labute approximate surface area is 287 Å². The van der Waals surface area contributed by atoms with Crippen molar-refractivity contribution in [2.24, 2.45) is 53.1 Å². The van der Waals surface area contributed by atoms with Gasteiger partial charge in [0.15, 0.2) is 0 Å². The molecule has 0 aromatic heterocycles. The Balaban J connectivity index is 0.982. The maximum Gasteiger partial charge on any atom is 0.0676 e. The quantitative estimate of drug-likeness (QED) is 0.282. The molecular weight excluding hydrogens is 572 g/mol. The molecule has 0 bridgehead atoms. The third-order valence-electron chi connectivity index (χ3n) is 15.0. The van der Waals surface area contributed by atoms with Gasteiger partial charge >= 0.3 is 0 Å². The van der Waals surface area contributed by atoms with Gasteiger partial charge in [-0.15, -0.1) is 0 Å². The average molecular weight is 639 g/mol. The zero-order valence-corrected chi connectivity index (χ0v) is 29.7. The molecule has 0 aromatic carbocycles. The van der Waals surface area contributed by atoms with Gasteiger partial charge in [-0.05, 0) is 158 Å². The molecule has 1 saturated heterocycles. The molecule has 0 amide bonds. The molecule has 0 aromatic rings. The molecule has 7 aliphatic carbocycles. The van der Waals surface area contributed by atoms with E-state index in [0.29, 0.717) is 48.1 Å². The Hall–Kier alpha value is -1.58. The zero-order valence-electron chi connectivity index (χ0n) is 29.7. The molecule has 0 spiro atoms. The molecule has 3 heteroatoms. The Morgan fingerprint density at radius 3 is 2.21 bits per heavy atom. The Kier molecular flexibility index (Phi) is 10.2. The standard InChI is InChI=1S/C44H66N2O/c1-2-13-31-16-10-21-37(42(31)45)33-26-27-36(29-33)46(34-18-7-4-8-19-34)35-20-9-17-32(28-35)39-23-12-25-41-40-24-11-22-38(43(40)47-44(39)41)30-14-5-3-6-15-30/h2-5,7,13,17,27,30-31,33-35,37-44H,6,8-12,14-16,18-26,28-29,45H2,1H3/b13-2-/t30?,31?,33?,34?,35?,37?,38?,39?,40?,41-,42?,43?,44?/m1/s1. The average Bonchev–Trinajstić information content (AvgIpc) is 3.76. The fourth-order valence-corrected chi connectivity index (χ4v) is 12.9. The first kappa shape index (κ1) is 32.6. The van der Waals surface area contributed by atoms with Gasteiger partial charge in [0.25, 0.3) is 0 Å². The largest absolute Gasteiger partial charge is 0.373 e. The van der Waals surface area contributed by atoms with E-state index in [-0.39, 0.29) is 0 Å².